The van der Waals surface area contributed by atoms with Crippen molar-refractivity contribution in [2.75, 3.05) is 6.61 Å². The smallest absolute Gasteiger partial charge is 0.389 e. The third kappa shape index (κ3) is 12.5. The first-order valence-electron chi connectivity index (χ1n) is 7.84. The van der Waals surface area contributed by atoms with Gasteiger partial charge in [0.1, 0.15) is 0 Å². The number of hydrogen-bond donors (Lipinski definition) is 0. The second-order valence-corrected chi connectivity index (χ2v) is 4.21. The maximum absolute atomic E-state index is 13.3. The first-order chi connectivity index (χ1) is 10.4. The van der Waals surface area contributed by atoms with Crippen LogP contribution < -0.4 is 4.74 Å². The van der Waals surface area contributed by atoms with E-state index in [1.807, 2.05) is 27.7 Å². The molecular weight excluding hydrogens is 296 g/mol. The van der Waals surface area contributed by atoms with Crippen molar-refractivity contribution in [1.82, 2.24) is 0 Å². The van der Waals surface area contributed by atoms with Gasteiger partial charge in [0.15, 0.2) is 11.6 Å². The number of halogens is 4. The van der Waals surface area contributed by atoms with Crippen LogP contribution in [0.15, 0.2) is 18.2 Å². The lowest BCUT2D eigenvalue weighted by atomic mass is 10.2. The highest BCUT2D eigenvalue weighted by Gasteiger charge is 2.25. The Balaban J connectivity index is 0. The number of alkyl halides is 3. The van der Waals surface area contributed by atoms with Crippen LogP contribution in [0.5, 0.6) is 5.75 Å². The van der Waals surface area contributed by atoms with Crippen LogP contribution in [0.1, 0.15) is 58.9 Å². The normalized spacial score (nSPS) is 10.0. The van der Waals surface area contributed by atoms with Crippen molar-refractivity contribution < 1.29 is 22.3 Å². The molecule has 1 aromatic carbocycles. The van der Waals surface area contributed by atoms with E-state index >= 15 is 0 Å². The van der Waals surface area contributed by atoms with Gasteiger partial charge in [-0.05, 0) is 43.9 Å². The van der Waals surface area contributed by atoms with Gasteiger partial charge >= 0.3 is 6.18 Å². The first-order valence-corrected chi connectivity index (χ1v) is 7.84. The summed E-state index contributed by atoms with van der Waals surface area (Å²) >= 11 is 0. The largest absolute Gasteiger partial charge is 0.491 e. The highest BCUT2D eigenvalue weighted by molar-refractivity contribution is 5.28. The Morgan fingerprint density at radius 3 is 2.05 bits per heavy atom. The van der Waals surface area contributed by atoms with E-state index in [4.69, 9.17) is 4.74 Å². The number of hydrogen-bond acceptors (Lipinski definition) is 1. The van der Waals surface area contributed by atoms with Gasteiger partial charge in [-0.3, -0.25) is 0 Å². The van der Waals surface area contributed by atoms with Crippen LogP contribution in [0.4, 0.5) is 17.6 Å². The van der Waals surface area contributed by atoms with Crippen molar-refractivity contribution in [2.24, 2.45) is 0 Å². The van der Waals surface area contributed by atoms with Crippen molar-refractivity contribution in [2.45, 2.75) is 66.5 Å². The molecule has 0 bridgehead atoms. The van der Waals surface area contributed by atoms with Crippen LogP contribution in [0.3, 0.4) is 0 Å². The summed E-state index contributed by atoms with van der Waals surface area (Å²) in [6.07, 6.45) is -3.87. The molecule has 0 N–H and O–H groups in total. The Morgan fingerprint density at radius 1 is 0.955 bits per heavy atom. The summed E-state index contributed by atoms with van der Waals surface area (Å²) < 4.78 is 54.0. The van der Waals surface area contributed by atoms with Gasteiger partial charge < -0.3 is 4.74 Å². The number of benzene rings is 1. The minimum absolute atomic E-state index is 0.0865. The number of ether oxygens (including phenoxy) is 1. The van der Waals surface area contributed by atoms with Gasteiger partial charge in [0, 0.05) is 6.42 Å². The number of rotatable bonds is 6. The predicted molar refractivity (Wildman–Crippen MR) is 83.9 cm³/mol. The van der Waals surface area contributed by atoms with Crippen molar-refractivity contribution in [1.29, 1.82) is 0 Å². The van der Waals surface area contributed by atoms with Crippen LogP contribution >= 0.6 is 0 Å². The Labute approximate surface area is 131 Å². The summed E-state index contributed by atoms with van der Waals surface area (Å²) in [6, 6.07) is 4.61. The van der Waals surface area contributed by atoms with Gasteiger partial charge in [-0.15, -0.1) is 0 Å². The molecule has 1 nitrogen and oxygen atoms in total. The van der Waals surface area contributed by atoms with E-state index in [1.54, 1.807) is 13.0 Å². The second-order valence-electron chi connectivity index (χ2n) is 4.21. The summed E-state index contributed by atoms with van der Waals surface area (Å²) in [6.45, 7) is 10.0. The zero-order valence-corrected chi connectivity index (χ0v) is 14.2. The Bertz CT molecular complexity index is 375. The SMILES string of the molecule is CC.CC.Cc1ccc(OCCCCCC(F)(F)F)c(F)c1. The van der Waals surface area contributed by atoms with Gasteiger partial charge in [0.2, 0.25) is 0 Å². The average Bonchev–Trinajstić information content (AvgIpc) is 2.48. The van der Waals surface area contributed by atoms with Crippen molar-refractivity contribution >= 4 is 0 Å². The first kappa shape index (κ1) is 23.0. The lowest BCUT2D eigenvalue weighted by molar-refractivity contribution is -0.135. The molecule has 0 spiro atoms. The van der Waals surface area contributed by atoms with E-state index in [-0.39, 0.29) is 18.8 Å². The van der Waals surface area contributed by atoms with Gasteiger partial charge in [-0.2, -0.15) is 13.2 Å². The predicted octanol–water partition coefficient (Wildman–Crippen LogP) is 6.69. The molecule has 0 fully saturated rings. The van der Waals surface area contributed by atoms with Crippen molar-refractivity contribution in [3.63, 3.8) is 0 Å². The fourth-order valence-electron chi connectivity index (χ4n) is 1.51. The molecule has 130 valence electrons. The second kappa shape index (κ2) is 13.4. The van der Waals surface area contributed by atoms with Gasteiger partial charge in [-0.1, -0.05) is 33.8 Å². The van der Waals surface area contributed by atoms with E-state index < -0.39 is 18.4 Å². The average molecular weight is 324 g/mol. The van der Waals surface area contributed by atoms with Gasteiger partial charge in [0.25, 0.3) is 0 Å². The highest BCUT2D eigenvalue weighted by atomic mass is 19.4. The van der Waals surface area contributed by atoms with Crippen molar-refractivity contribution in [3.05, 3.63) is 29.6 Å². The van der Waals surface area contributed by atoms with E-state index in [2.05, 4.69) is 0 Å². The van der Waals surface area contributed by atoms with Crippen LogP contribution in [0, 0.1) is 12.7 Å². The molecule has 0 saturated heterocycles. The Morgan fingerprint density at radius 2 is 1.55 bits per heavy atom. The summed E-state index contributed by atoms with van der Waals surface area (Å²) in [5.74, 6) is -0.290. The summed E-state index contributed by atoms with van der Waals surface area (Å²) in [4.78, 5) is 0. The molecular formula is C17H28F4O. The molecule has 0 aliphatic rings. The quantitative estimate of drug-likeness (QED) is 0.418. The summed E-state index contributed by atoms with van der Waals surface area (Å²) in [7, 11) is 0. The zero-order chi connectivity index (χ0) is 17.6. The van der Waals surface area contributed by atoms with E-state index in [0.717, 1.165) is 5.56 Å². The van der Waals surface area contributed by atoms with Gasteiger partial charge in [-0.25, -0.2) is 4.39 Å². The molecule has 1 aromatic rings. The molecule has 0 saturated carbocycles. The van der Waals surface area contributed by atoms with E-state index in [1.165, 1.54) is 12.1 Å². The summed E-state index contributed by atoms with van der Waals surface area (Å²) in [5.41, 5.74) is 0.796. The third-order valence-electron chi connectivity index (χ3n) is 2.45. The number of aryl methyl sites for hydroxylation is 1. The monoisotopic (exact) mass is 324 g/mol. The minimum atomic E-state index is -4.09. The Hall–Kier alpha value is -1.26. The maximum atomic E-state index is 13.3. The number of unbranched alkanes of at least 4 members (excludes halogenated alkanes) is 2. The lowest BCUT2D eigenvalue weighted by Crippen LogP contribution is -2.07. The lowest BCUT2D eigenvalue weighted by Gasteiger charge is -2.08. The van der Waals surface area contributed by atoms with Crippen LogP contribution in [-0.4, -0.2) is 12.8 Å². The molecule has 0 atom stereocenters. The molecule has 1 rings (SSSR count). The van der Waals surface area contributed by atoms with Crippen LogP contribution in [0.2, 0.25) is 0 Å². The summed E-state index contributed by atoms with van der Waals surface area (Å²) in [5, 5.41) is 0. The standard InChI is InChI=1S/C13H16F4O.2C2H6/c1-10-5-6-12(11(14)9-10)18-8-4-2-3-7-13(15,16)17;2*1-2/h5-6,9H,2-4,7-8H2,1H3;2*1-2H3. The zero-order valence-electron chi connectivity index (χ0n) is 14.2. The van der Waals surface area contributed by atoms with Gasteiger partial charge in [0.05, 0.1) is 6.61 Å². The van der Waals surface area contributed by atoms with E-state index in [0.29, 0.717) is 12.8 Å². The topological polar surface area (TPSA) is 9.23 Å². The molecule has 0 aliphatic heterocycles. The highest BCUT2D eigenvalue weighted by Crippen LogP contribution is 2.23. The fraction of sp³-hybridized carbons (Fsp3) is 0.647. The molecule has 0 amide bonds. The molecule has 0 radical (unpaired) electrons. The molecule has 0 aromatic heterocycles. The van der Waals surface area contributed by atoms with Crippen LogP contribution in [0.25, 0.3) is 0 Å². The minimum Gasteiger partial charge on any atom is -0.491 e. The van der Waals surface area contributed by atoms with Crippen LogP contribution in [-0.2, 0) is 0 Å². The molecule has 5 heteroatoms. The fourth-order valence-corrected chi connectivity index (χ4v) is 1.51. The maximum Gasteiger partial charge on any atom is 0.389 e. The molecule has 0 aliphatic carbocycles. The Kier molecular flexibility index (Phi) is 14.0. The third-order valence-corrected chi connectivity index (χ3v) is 2.45. The molecule has 22 heavy (non-hydrogen) atoms. The van der Waals surface area contributed by atoms with Crippen molar-refractivity contribution in [3.8, 4) is 5.75 Å². The molecule has 0 unspecified atom stereocenters. The molecule has 0 heterocycles. The van der Waals surface area contributed by atoms with E-state index in [9.17, 15) is 17.6 Å².